The van der Waals surface area contributed by atoms with Crippen molar-refractivity contribution >= 4 is 16.7 Å². The van der Waals surface area contributed by atoms with Gasteiger partial charge in [0.25, 0.3) is 0 Å². The summed E-state index contributed by atoms with van der Waals surface area (Å²) in [5, 5.41) is 11.5. The van der Waals surface area contributed by atoms with Crippen LogP contribution in [0.5, 0.6) is 23.0 Å². The van der Waals surface area contributed by atoms with Gasteiger partial charge < -0.3 is 28.8 Å². The van der Waals surface area contributed by atoms with Gasteiger partial charge in [0.15, 0.2) is 0 Å². The van der Waals surface area contributed by atoms with Crippen LogP contribution in [0.4, 0.5) is 0 Å². The zero-order valence-corrected chi connectivity index (χ0v) is 17.6. The third-order valence-corrected chi connectivity index (χ3v) is 4.97. The van der Waals surface area contributed by atoms with Gasteiger partial charge in [-0.1, -0.05) is 12.1 Å². The van der Waals surface area contributed by atoms with Gasteiger partial charge in [-0.3, -0.25) is 0 Å². The van der Waals surface area contributed by atoms with Gasteiger partial charge in [0.1, 0.15) is 23.0 Å². The Morgan fingerprint density at radius 3 is 2.10 bits per heavy atom. The molecule has 0 spiro atoms. The third kappa shape index (κ3) is 3.48. The average Bonchev–Trinajstić information content (AvgIpc) is 2.80. The lowest BCUT2D eigenvalue weighted by molar-refractivity contribution is 0.0601. The number of hydrogen-bond donors (Lipinski definition) is 1. The van der Waals surface area contributed by atoms with E-state index in [1.54, 1.807) is 25.3 Å². The quantitative estimate of drug-likeness (QED) is 0.591. The molecule has 0 aliphatic rings. The molecule has 0 unspecified atom stereocenters. The molecule has 7 nitrogen and oxygen atoms in total. The van der Waals surface area contributed by atoms with Crippen LogP contribution in [0.3, 0.4) is 0 Å². The summed E-state index contributed by atoms with van der Waals surface area (Å²) in [7, 11) is 7.45. The van der Waals surface area contributed by atoms with Crippen molar-refractivity contribution in [3.05, 3.63) is 47.5 Å². The Morgan fingerprint density at radius 1 is 0.833 bits per heavy atom. The van der Waals surface area contributed by atoms with Gasteiger partial charge in [0.05, 0.1) is 53.1 Å². The smallest absolute Gasteiger partial charge is 0.338 e. The van der Waals surface area contributed by atoms with Crippen LogP contribution >= 0.6 is 0 Å². The van der Waals surface area contributed by atoms with Gasteiger partial charge in [0.2, 0.25) is 0 Å². The number of carbonyl (C=O) groups excluding carboxylic acids is 1. The molecule has 0 atom stereocenters. The molecule has 30 heavy (non-hydrogen) atoms. The van der Waals surface area contributed by atoms with E-state index in [-0.39, 0.29) is 12.2 Å². The van der Waals surface area contributed by atoms with Gasteiger partial charge in [-0.15, -0.1) is 0 Å². The van der Waals surface area contributed by atoms with Crippen molar-refractivity contribution in [2.75, 3.05) is 35.5 Å². The molecule has 3 aromatic rings. The molecule has 0 radical (unpaired) electrons. The van der Waals surface area contributed by atoms with E-state index in [1.807, 2.05) is 18.2 Å². The van der Waals surface area contributed by atoms with Gasteiger partial charge in [-0.2, -0.15) is 0 Å². The summed E-state index contributed by atoms with van der Waals surface area (Å²) >= 11 is 0. The topological polar surface area (TPSA) is 83.5 Å². The maximum Gasteiger partial charge on any atom is 0.338 e. The van der Waals surface area contributed by atoms with Crippen molar-refractivity contribution in [2.45, 2.75) is 6.61 Å². The highest BCUT2D eigenvalue weighted by atomic mass is 16.5. The van der Waals surface area contributed by atoms with Crippen LogP contribution in [0, 0.1) is 0 Å². The van der Waals surface area contributed by atoms with Gasteiger partial charge in [0, 0.05) is 17.2 Å². The van der Waals surface area contributed by atoms with Gasteiger partial charge >= 0.3 is 5.97 Å². The number of carbonyl (C=O) groups is 1. The van der Waals surface area contributed by atoms with Crippen LogP contribution in [-0.2, 0) is 11.3 Å². The predicted octanol–water partition coefficient (Wildman–Crippen LogP) is 3.82. The first-order chi connectivity index (χ1) is 14.5. The molecule has 0 bridgehead atoms. The summed E-state index contributed by atoms with van der Waals surface area (Å²) in [4.78, 5) is 12.8. The van der Waals surface area contributed by atoms with Crippen LogP contribution in [0.2, 0.25) is 0 Å². The lowest BCUT2D eigenvalue weighted by Crippen LogP contribution is -2.08. The van der Waals surface area contributed by atoms with E-state index in [0.29, 0.717) is 50.5 Å². The number of hydrogen-bond acceptors (Lipinski definition) is 7. The molecule has 3 rings (SSSR count). The minimum absolute atomic E-state index is 0.272. The Hall–Kier alpha value is -3.45. The maximum atomic E-state index is 12.8. The second-order valence-electron chi connectivity index (χ2n) is 6.40. The van der Waals surface area contributed by atoms with Gasteiger partial charge in [-0.05, 0) is 29.1 Å². The highest BCUT2D eigenvalue weighted by molar-refractivity contribution is 6.13. The minimum atomic E-state index is -0.546. The highest BCUT2D eigenvalue weighted by Gasteiger charge is 2.26. The average molecular weight is 412 g/mol. The summed E-state index contributed by atoms with van der Waals surface area (Å²) in [6.07, 6.45) is 0. The summed E-state index contributed by atoms with van der Waals surface area (Å²) in [6, 6.07) is 10.5. The van der Waals surface area contributed by atoms with Crippen LogP contribution < -0.4 is 18.9 Å². The van der Waals surface area contributed by atoms with E-state index in [9.17, 15) is 9.90 Å². The van der Waals surface area contributed by atoms with Crippen molar-refractivity contribution in [3.8, 4) is 34.1 Å². The zero-order valence-electron chi connectivity index (χ0n) is 17.6. The molecule has 7 heteroatoms. The molecule has 0 aromatic heterocycles. The maximum absolute atomic E-state index is 12.8. The minimum Gasteiger partial charge on any atom is -0.497 e. The Bertz CT molecular complexity index is 1060. The number of ether oxygens (including phenoxy) is 5. The number of rotatable bonds is 7. The highest BCUT2D eigenvalue weighted by Crippen LogP contribution is 2.47. The molecule has 3 aromatic carbocycles. The van der Waals surface area contributed by atoms with Gasteiger partial charge in [-0.25, -0.2) is 4.79 Å². The standard InChI is InChI=1S/C23H24O7/c1-26-14-9-13(12-24)20(18(10-14)28-3)21-15-7-6-8-17(27-2)22(15)19(29-4)11-16(21)23(25)30-5/h6-11,24H,12H2,1-5H3. The van der Waals surface area contributed by atoms with E-state index in [2.05, 4.69) is 0 Å². The summed E-state index contributed by atoms with van der Waals surface area (Å²) in [5.74, 6) is 1.46. The molecule has 0 amide bonds. The van der Waals surface area contributed by atoms with E-state index in [4.69, 9.17) is 23.7 Å². The number of benzene rings is 3. The molecule has 0 saturated heterocycles. The predicted molar refractivity (Wildman–Crippen MR) is 113 cm³/mol. The monoisotopic (exact) mass is 412 g/mol. The number of methoxy groups -OCH3 is 5. The zero-order chi connectivity index (χ0) is 21.8. The first kappa shape index (κ1) is 21.3. The number of fused-ring (bicyclic) bond motifs is 1. The van der Waals surface area contributed by atoms with Crippen molar-refractivity contribution in [1.82, 2.24) is 0 Å². The van der Waals surface area contributed by atoms with Crippen molar-refractivity contribution in [2.24, 2.45) is 0 Å². The normalized spacial score (nSPS) is 10.6. The fraction of sp³-hybridized carbons (Fsp3) is 0.261. The van der Waals surface area contributed by atoms with Crippen LogP contribution in [0.25, 0.3) is 21.9 Å². The molecule has 0 heterocycles. The molecule has 0 saturated carbocycles. The number of esters is 1. The molecule has 0 aliphatic heterocycles. The summed E-state index contributed by atoms with van der Waals surface area (Å²) in [5.41, 5.74) is 1.90. The Labute approximate surface area is 174 Å². The van der Waals surface area contributed by atoms with E-state index in [1.165, 1.54) is 28.4 Å². The first-order valence-electron chi connectivity index (χ1n) is 9.16. The molecule has 0 fully saturated rings. The Kier molecular flexibility index (Phi) is 6.32. The van der Waals surface area contributed by atoms with Crippen LogP contribution in [-0.4, -0.2) is 46.6 Å². The lowest BCUT2D eigenvalue weighted by atomic mass is 9.89. The fourth-order valence-electron chi connectivity index (χ4n) is 3.62. The van der Waals surface area contributed by atoms with Crippen LogP contribution in [0.15, 0.2) is 36.4 Å². The van der Waals surface area contributed by atoms with Crippen molar-refractivity contribution in [1.29, 1.82) is 0 Å². The largest absolute Gasteiger partial charge is 0.497 e. The Morgan fingerprint density at radius 2 is 1.53 bits per heavy atom. The molecule has 158 valence electrons. The third-order valence-electron chi connectivity index (χ3n) is 4.97. The van der Waals surface area contributed by atoms with E-state index in [0.717, 1.165) is 0 Å². The molecule has 0 aliphatic carbocycles. The van der Waals surface area contributed by atoms with E-state index < -0.39 is 5.97 Å². The molecular weight excluding hydrogens is 388 g/mol. The number of aliphatic hydroxyl groups is 1. The van der Waals surface area contributed by atoms with E-state index >= 15 is 0 Å². The van der Waals surface area contributed by atoms with Crippen molar-refractivity contribution in [3.63, 3.8) is 0 Å². The van der Waals surface area contributed by atoms with Crippen LogP contribution in [0.1, 0.15) is 15.9 Å². The van der Waals surface area contributed by atoms with Crippen molar-refractivity contribution < 1.29 is 33.6 Å². The summed E-state index contributed by atoms with van der Waals surface area (Å²) < 4.78 is 27.1. The fourth-order valence-corrected chi connectivity index (χ4v) is 3.62. The first-order valence-corrected chi connectivity index (χ1v) is 9.16. The second-order valence-corrected chi connectivity index (χ2v) is 6.40. The Balaban J connectivity index is 2.57. The molecule has 1 N–H and O–H groups in total. The number of aliphatic hydroxyl groups excluding tert-OH is 1. The molecular formula is C23H24O7. The second kappa shape index (κ2) is 8.92. The SMILES string of the molecule is COC(=O)c1cc(OC)c2c(OC)cccc2c1-c1c(CO)cc(OC)cc1OC. The summed E-state index contributed by atoms with van der Waals surface area (Å²) in [6.45, 7) is -0.291. The lowest BCUT2D eigenvalue weighted by Gasteiger charge is -2.21.